The first-order valence-corrected chi connectivity index (χ1v) is 14.3. The Hall–Kier alpha value is -2.20. The highest BCUT2D eigenvalue weighted by Gasteiger charge is 2.29. The molecule has 218 valence electrons. The van der Waals surface area contributed by atoms with Crippen molar-refractivity contribution in [3.8, 4) is 0 Å². The molecule has 38 heavy (non-hydrogen) atoms. The highest BCUT2D eigenvalue weighted by molar-refractivity contribution is 5.75. The van der Waals surface area contributed by atoms with Gasteiger partial charge in [-0.05, 0) is 52.4 Å². The van der Waals surface area contributed by atoms with Crippen LogP contribution in [0.3, 0.4) is 0 Å². The summed E-state index contributed by atoms with van der Waals surface area (Å²) in [6.45, 7) is 6.56. The van der Waals surface area contributed by atoms with Gasteiger partial charge in [-0.15, -0.1) is 0 Å². The van der Waals surface area contributed by atoms with Crippen LogP contribution in [0.15, 0.2) is 0 Å². The van der Waals surface area contributed by atoms with E-state index in [1.165, 1.54) is 14.2 Å². The molecule has 0 aromatic rings. The molecule has 2 aliphatic heterocycles. The lowest BCUT2D eigenvalue weighted by atomic mass is 10.1. The monoisotopic (exact) mass is 540 g/mol. The average Bonchev–Trinajstić information content (AvgIpc) is 2.93. The molecular formula is C28H48N2O8. The second kappa shape index (κ2) is 17.4. The zero-order valence-electron chi connectivity index (χ0n) is 23.8. The molecule has 0 bridgehead atoms. The lowest BCUT2D eigenvalue weighted by Crippen LogP contribution is -2.46. The number of esters is 4. The Balaban J connectivity index is 1.43. The molecule has 2 saturated heterocycles. The fraction of sp³-hybridized carbons (Fsp3) is 0.857. The van der Waals surface area contributed by atoms with Crippen molar-refractivity contribution in [2.75, 3.05) is 40.4 Å². The molecule has 2 heterocycles. The molecule has 0 aliphatic carbocycles. The van der Waals surface area contributed by atoms with E-state index in [9.17, 15) is 19.2 Å². The summed E-state index contributed by atoms with van der Waals surface area (Å²) in [4.78, 5) is 51.8. The first-order valence-electron chi connectivity index (χ1n) is 14.3. The zero-order valence-corrected chi connectivity index (χ0v) is 23.8. The number of nitrogens with zero attached hydrogens (tertiary/aromatic N) is 2. The van der Waals surface area contributed by atoms with Crippen molar-refractivity contribution < 1.29 is 38.1 Å². The molecule has 0 aromatic heterocycles. The molecule has 2 unspecified atom stereocenters. The first kappa shape index (κ1) is 32.0. The summed E-state index contributed by atoms with van der Waals surface area (Å²) in [7, 11) is 2.79. The van der Waals surface area contributed by atoms with Gasteiger partial charge in [-0.2, -0.15) is 0 Å². The van der Waals surface area contributed by atoms with Crippen LogP contribution in [0.1, 0.15) is 90.9 Å². The molecular weight excluding hydrogens is 492 g/mol. The smallest absolute Gasteiger partial charge is 0.322 e. The van der Waals surface area contributed by atoms with E-state index in [4.69, 9.17) is 18.9 Å². The van der Waals surface area contributed by atoms with Gasteiger partial charge in [0.05, 0.1) is 14.2 Å². The first-order chi connectivity index (χ1) is 18.2. The summed E-state index contributed by atoms with van der Waals surface area (Å²) in [5.74, 6) is -0.753. The maximum absolute atomic E-state index is 12.2. The minimum absolute atomic E-state index is 0.0701. The molecule has 0 aromatic carbocycles. The molecule has 0 radical (unpaired) electrons. The van der Waals surface area contributed by atoms with Crippen molar-refractivity contribution >= 4 is 23.9 Å². The van der Waals surface area contributed by atoms with E-state index < -0.39 is 0 Å². The van der Waals surface area contributed by atoms with E-state index in [1.807, 2.05) is 13.8 Å². The van der Waals surface area contributed by atoms with Crippen LogP contribution < -0.4 is 0 Å². The highest BCUT2D eigenvalue weighted by Crippen LogP contribution is 2.19. The zero-order chi connectivity index (χ0) is 27.9. The normalized spacial score (nSPS) is 19.4. The third kappa shape index (κ3) is 11.3. The number of carbonyl (C=O) groups is 4. The Bertz CT molecular complexity index is 683. The number of likely N-dealkylation sites (tertiary alicyclic amines) is 2. The fourth-order valence-electron chi connectivity index (χ4n) is 5.14. The fourth-order valence-corrected chi connectivity index (χ4v) is 5.14. The van der Waals surface area contributed by atoms with Gasteiger partial charge in [0, 0.05) is 39.0 Å². The predicted molar refractivity (Wildman–Crippen MR) is 141 cm³/mol. The van der Waals surface area contributed by atoms with Crippen molar-refractivity contribution in [2.24, 2.45) is 0 Å². The molecule has 2 fully saturated rings. The number of piperidine rings is 2. The molecule has 2 atom stereocenters. The van der Waals surface area contributed by atoms with Gasteiger partial charge < -0.3 is 18.9 Å². The van der Waals surface area contributed by atoms with Crippen LogP contribution in [-0.4, -0.2) is 98.4 Å². The number of ether oxygens (including phenoxy) is 4. The Kier molecular flexibility index (Phi) is 14.7. The second-order valence-electron chi connectivity index (χ2n) is 10.5. The maximum Gasteiger partial charge on any atom is 0.322 e. The SMILES string of the molecule is COC(=O)C(C)N1CCC(OC(=O)CCCCCCCCC(=O)OC2CCN(C(C)C(=O)OC)CC2)CC1. The molecule has 10 nitrogen and oxygen atoms in total. The molecule has 0 saturated carbocycles. The summed E-state index contributed by atoms with van der Waals surface area (Å²) >= 11 is 0. The van der Waals surface area contributed by atoms with Crippen LogP contribution in [0.25, 0.3) is 0 Å². The third-order valence-electron chi connectivity index (χ3n) is 7.74. The Morgan fingerprint density at radius 1 is 0.605 bits per heavy atom. The van der Waals surface area contributed by atoms with Gasteiger partial charge in [-0.25, -0.2) is 0 Å². The van der Waals surface area contributed by atoms with E-state index in [1.54, 1.807) is 0 Å². The van der Waals surface area contributed by atoms with E-state index in [-0.39, 0.29) is 48.2 Å². The number of methoxy groups -OCH3 is 2. The largest absolute Gasteiger partial charge is 0.468 e. The van der Waals surface area contributed by atoms with Crippen LogP contribution in [-0.2, 0) is 38.1 Å². The maximum atomic E-state index is 12.2. The van der Waals surface area contributed by atoms with E-state index in [0.29, 0.717) is 12.8 Å². The summed E-state index contributed by atoms with van der Waals surface area (Å²) in [5.41, 5.74) is 0. The minimum Gasteiger partial charge on any atom is -0.468 e. The lowest BCUT2D eigenvalue weighted by Gasteiger charge is -2.34. The number of unbranched alkanes of at least 4 members (excludes halogenated alkanes) is 5. The van der Waals surface area contributed by atoms with Gasteiger partial charge in [0.15, 0.2) is 0 Å². The summed E-state index contributed by atoms with van der Waals surface area (Å²) < 4.78 is 20.8. The van der Waals surface area contributed by atoms with Crippen LogP contribution in [0.5, 0.6) is 0 Å². The van der Waals surface area contributed by atoms with Crippen LogP contribution >= 0.6 is 0 Å². The quantitative estimate of drug-likeness (QED) is 0.174. The number of rotatable bonds is 15. The molecule has 2 aliphatic rings. The van der Waals surface area contributed by atoms with Gasteiger partial charge >= 0.3 is 23.9 Å². The standard InChI is InChI=1S/C28H48N2O8/c1-21(27(33)35-3)29-17-13-23(14-18-29)37-25(31)11-9-7-5-6-8-10-12-26(32)38-24-15-19-30(20-16-24)22(2)28(34)36-4/h21-24H,5-20H2,1-4H3. The molecule has 0 spiro atoms. The summed E-state index contributed by atoms with van der Waals surface area (Å²) in [5, 5.41) is 0. The predicted octanol–water partition coefficient (Wildman–Crippen LogP) is 3.25. The molecule has 0 amide bonds. The molecule has 0 N–H and O–H groups in total. The van der Waals surface area contributed by atoms with E-state index in [0.717, 1.165) is 90.4 Å². The number of carbonyl (C=O) groups excluding carboxylic acids is 4. The average molecular weight is 541 g/mol. The van der Waals surface area contributed by atoms with Crippen molar-refractivity contribution in [3.05, 3.63) is 0 Å². The van der Waals surface area contributed by atoms with Gasteiger partial charge in [-0.3, -0.25) is 29.0 Å². The molecule has 10 heteroatoms. The van der Waals surface area contributed by atoms with Gasteiger partial charge in [0.2, 0.25) is 0 Å². The van der Waals surface area contributed by atoms with Gasteiger partial charge in [-0.1, -0.05) is 25.7 Å². The van der Waals surface area contributed by atoms with Crippen molar-refractivity contribution in [1.82, 2.24) is 9.80 Å². The summed E-state index contributed by atoms with van der Waals surface area (Å²) in [6.07, 6.45) is 9.31. The van der Waals surface area contributed by atoms with Crippen molar-refractivity contribution in [3.63, 3.8) is 0 Å². The number of hydrogen-bond donors (Lipinski definition) is 0. The number of hydrogen-bond acceptors (Lipinski definition) is 10. The van der Waals surface area contributed by atoms with E-state index in [2.05, 4.69) is 9.80 Å². The topological polar surface area (TPSA) is 112 Å². The van der Waals surface area contributed by atoms with Crippen LogP contribution in [0.2, 0.25) is 0 Å². The lowest BCUT2D eigenvalue weighted by molar-refractivity contribution is -0.154. The van der Waals surface area contributed by atoms with E-state index >= 15 is 0 Å². The molecule has 2 rings (SSSR count). The second-order valence-corrected chi connectivity index (χ2v) is 10.5. The third-order valence-corrected chi connectivity index (χ3v) is 7.74. The Morgan fingerprint density at radius 2 is 0.921 bits per heavy atom. The van der Waals surface area contributed by atoms with Crippen LogP contribution in [0, 0.1) is 0 Å². The van der Waals surface area contributed by atoms with Crippen LogP contribution in [0.4, 0.5) is 0 Å². The summed E-state index contributed by atoms with van der Waals surface area (Å²) in [6, 6.07) is -0.537. The Morgan fingerprint density at radius 3 is 1.24 bits per heavy atom. The van der Waals surface area contributed by atoms with Gasteiger partial charge in [0.25, 0.3) is 0 Å². The van der Waals surface area contributed by atoms with Crippen molar-refractivity contribution in [2.45, 2.75) is 115 Å². The Labute approximate surface area is 227 Å². The van der Waals surface area contributed by atoms with Gasteiger partial charge in [0.1, 0.15) is 24.3 Å². The highest BCUT2D eigenvalue weighted by atomic mass is 16.5. The minimum atomic E-state index is -0.268. The van der Waals surface area contributed by atoms with Crippen molar-refractivity contribution in [1.29, 1.82) is 0 Å².